The number of halogens is 3. The number of carbonyl (C=O) groups is 1. The number of amides is 1. The summed E-state index contributed by atoms with van der Waals surface area (Å²) in [4.78, 5) is 15.3. The minimum atomic E-state index is -4.42. The molecule has 2 aromatic rings. The van der Waals surface area contributed by atoms with Crippen LogP contribution in [0.4, 0.5) is 13.2 Å². The van der Waals surface area contributed by atoms with E-state index in [-0.39, 0.29) is 5.91 Å². The molecule has 0 spiro atoms. The Hall–Kier alpha value is -2.34. The third-order valence-electron chi connectivity index (χ3n) is 5.42. The van der Waals surface area contributed by atoms with Gasteiger partial charge in [0.05, 0.1) is 11.1 Å². The number of rotatable bonds is 4. The van der Waals surface area contributed by atoms with Crippen molar-refractivity contribution in [2.45, 2.75) is 37.9 Å². The van der Waals surface area contributed by atoms with Crippen LogP contribution in [0.15, 0.2) is 48.5 Å². The van der Waals surface area contributed by atoms with Gasteiger partial charge in [0.1, 0.15) is 0 Å². The largest absolute Gasteiger partial charge is 0.416 e. The number of piperidine rings is 1. The molecule has 1 fully saturated rings. The van der Waals surface area contributed by atoms with E-state index in [4.69, 9.17) is 0 Å². The number of alkyl halides is 3. The third-order valence-corrected chi connectivity index (χ3v) is 5.42. The quantitative estimate of drug-likeness (QED) is 0.826. The highest BCUT2D eigenvalue weighted by Crippen LogP contribution is 2.33. The molecule has 1 aliphatic heterocycles. The Labute approximate surface area is 163 Å². The second kappa shape index (κ2) is 7.95. The number of hydrogen-bond acceptors (Lipinski definition) is 2. The maximum Gasteiger partial charge on any atom is 0.416 e. The molecular weight excluding hydrogens is 365 g/mol. The predicted octanol–water partition coefficient (Wildman–Crippen LogP) is 4.62. The molecule has 0 bridgehead atoms. The van der Waals surface area contributed by atoms with E-state index < -0.39 is 17.3 Å². The molecule has 1 aliphatic rings. The van der Waals surface area contributed by atoms with Crippen LogP contribution < -0.4 is 5.32 Å². The lowest BCUT2D eigenvalue weighted by molar-refractivity contribution is -0.137. The van der Waals surface area contributed by atoms with Crippen LogP contribution in [0.5, 0.6) is 0 Å². The molecule has 1 amide bonds. The van der Waals surface area contributed by atoms with Gasteiger partial charge in [-0.2, -0.15) is 13.2 Å². The van der Waals surface area contributed by atoms with E-state index in [9.17, 15) is 18.0 Å². The molecule has 0 aromatic heterocycles. The average molecular weight is 390 g/mol. The van der Waals surface area contributed by atoms with Crippen molar-refractivity contribution in [2.75, 3.05) is 20.1 Å². The molecule has 28 heavy (non-hydrogen) atoms. The van der Waals surface area contributed by atoms with E-state index >= 15 is 0 Å². The molecule has 0 radical (unpaired) electrons. The number of nitrogens with zero attached hydrogens (tertiary/aromatic N) is 1. The highest BCUT2D eigenvalue weighted by molar-refractivity contribution is 5.96. The van der Waals surface area contributed by atoms with E-state index in [1.54, 1.807) is 6.92 Å². The van der Waals surface area contributed by atoms with Crippen LogP contribution in [-0.4, -0.2) is 30.9 Å². The fourth-order valence-corrected chi connectivity index (χ4v) is 4.01. The van der Waals surface area contributed by atoms with Gasteiger partial charge >= 0.3 is 6.18 Å². The second-order valence-corrected chi connectivity index (χ2v) is 7.47. The average Bonchev–Trinajstić information content (AvgIpc) is 2.67. The molecule has 2 aromatic carbocycles. The molecule has 3 rings (SSSR count). The Kier molecular flexibility index (Phi) is 5.79. The van der Waals surface area contributed by atoms with Gasteiger partial charge in [0.25, 0.3) is 5.91 Å². The van der Waals surface area contributed by atoms with Crippen molar-refractivity contribution < 1.29 is 18.0 Å². The van der Waals surface area contributed by atoms with Crippen LogP contribution in [0.3, 0.4) is 0 Å². The van der Waals surface area contributed by atoms with Crippen molar-refractivity contribution in [3.63, 3.8) is 0 Å². The number of benzene rings is 2. The maximum atomic E-state index is 13.1. The summed E-state index contributed by atoms with van der Waals surface area (Å²) in [6.45, 7) is 3.36. The summed E-state index contributed by atoms with van der Waals surface area (Å²) in [7, 11) is 2.01. The van der Waals surface area contributed by atoms with Gasteiger partial charge in [-0.25, -0.2) is 0 Å². The number of aryl methyl sites for hydroxylation is 1. The number of likely N-dealkylation sites (tertiary alicyclic amines) is 1. The molecule has 1 saturated heterocycles. The summed E-state index contributed by atoms with van der Waals surface area (Å²) < 4.78 is 39.1. The van der Waals surface area contributed by atoms with Gasteiger partial charge in [-0.3, -0.25) is 4.79 Å². The van der Waals surface area contributed by atoms with Crippen LogP contribution in [0.2, 0.25) is 0 Å². The van der Waals surface area contributed by atoms with Crippen molar-refractivity contribution in [1.29, 1.82) is 0 Å². The number of carbonyl (C=O) groups excluding carboxylic acids is 1. The zero-order valence-electron chi connectivity index (χ0n) is 16.1. The molecular formula is C22H25F3N2O. The monoisotopic (exact) mass is 390 g/mol. The van der Waals surface area contributed by atoms with E-state index in [0.717, 1.165) is 37.1 Å². The molecule has 1 N–H and O–H groups in total. The Balaban J connectivity index is 1.95. The van der Waals surface area contributed by atoms with Crippen molar-refractivity contribution in [2.24, 2.45) is 0 Å². The first-order valence-corrected chi connectivity index (χ1v) is 9.52. The van der Waals surface area contributed by atoms with Gasteiger partial charge in [0, 0.05) is 12.1 Å². The molecule has 0 saturated carbocycles. The topological polar surface area (TPSA) is 32.3 Å². The summed E-state index contributed by atoms with van der Waals surface area (Å²) in [5.74, 6) is -0.329. The molecule has 1 heterocycles. The van der Waals surface area contributed by atoms with Gasteiger partial charge < -0.3 is 10.2 Å². The molecule has 0 unspecified atom stereocenters. The van der Waals surface area contributed by atoms with E-state index in [2.05, 4.69) is 10.2 Å². The van der Waals surface area contributed by atoms with Crippen LogP contribution >= 0.6 is 0 Å². The van der Waals surface area contributed by atoms with Crippen LogP contribution in [0.25, 0.3) is 0 Å². The van der Waals surface area contributed by atoms with Crippen molar-refractivity contribution in [3.05, 3.63) is 70.8 Å². The number of hydrogen-bond donors (Lipinski definition) is 1. The van der Waals surface area contributed by atoms with Gasteiger partial charge in [-0.15, -0.1) is 0 Å². The van der Waals surface area contributed by atoms with Gasteiger partial charge in [-0.05, 0) is 62.2 Å². The molecule has 6 heteroatoms. The predicted molar refractivity (Wildman–Crippen MR) is 103 cm³/mol. The summed E-state index contributed by atoms with van der Waals surface area (Å²) >= 11 is 0. The van der Waals surface area contributed by atoms with Crippen molar-refractivity contribution in [1.82, 2.24) is 10.2 Å². The Bertz CT molecular complexity index is 835. The van der Waals surface area contributed by atoms with Crippen LogP contribution in [0.1, 0.15) is 46.8 Å². The Morgan fingerprint density at radius 3 is 2.50 bits per heavy atom. The van der Waals surface area contributed by atoms with Gasteiger partial charge in [0.2, 0.25) is 0 Å². The lowest BCUT2D eigenvalue weighted by atomic mass is 9.82. The lowest BCUT2D eigenvalue weighted by Gasteiger charge is -2.42. The van der Waals surface area contributed by atoms with Crippen molar-refractivity contribution in [3.8, 4) is 0 Å². The first kappa shape index (κ1) is 20.4. The standard InChI is InChI=1S/C22H25F3N2O/c1-3-16-14-18(22(23,24)25)10-11-19(16)20(28)26-21(12-7-13-27(2)15-21)17-8-5-4-6-9-17/h4-6,8-11,14H,3,7,12-13,15H2,1-2H3,(H,26,28)/t21-/m0/s1. The zero-order valence-corrected chi connectivity index (χ0v) is 16.1. The fourth-order valence-electron chi connectivity index (χ4n) is 4.01. The summed E-state index contributed by atoms with van der Waals surface area (Å²) in [6.07, 6.45) is -2.35. The smallest absolute Gasteiger partial charge is 0.341 e. The highest BCUT2D eigenvalue weighted by atomic mass is 19.4. The molecule has 1 atom stereocenters. The summed E-state index contributed by atoms with van der Waals surface area (Å²) in [6, 6.07) is 13.1. The van der Waals surface area contributed by atoms with Crippen LogP contribution in [-0.2, 0) is 18.1 Å². The van der Waals surface area contributed by atoms with E-state index in [1.807, 2.05) is 37.4 Å². The third kappa shape index (κ3) is 4.22. The zero-order chi connectivity index (χ0) is 20.4. The van der Waals surface area contributed by atoms with Gasteiger partial charge in [0.15, 0.2) is 0 Å². The summed E-state index contributed by atoms with van der Waals surface area (Å²) in [5.41, 5.74) is 0.439. The first-order chi connectivity index (χ1) is 13.2. The first-order valence-electron chi connectivity index (χ1n) is 9.52. The minimum absolute atomic E-state index is 0.305. The fraction of sp³-hybridized carbons (Fsp3) is 0.409. The lowest BCUT2D eigenvalue weighted by Crippen LogP contribution is -2.55. The number of likely N-dealkylation sites (N-methyl/N-ethyl adjacent to an activating group) is 1. The molecule has 0 aliphatic carbocycles. The van der Waals surface area contributed by atoms with Crippen LogP contribution in [0, 0.1) is 0 Å². The minimum Gasteiger partial charge on any atom is -0.341 e. The summed E-state index contributed by atoms with van der Waals surface area (Å²) in [5, 5.41) is 3.17. The SMILES string of the molecule is CCc1cc(C(F)(F)F)ccc1C(=O)N[C@@]1(c2ccccc2)CCCN(C)C1. The molecule has 150 valence electrons. The normalized spacial score (nSPS) is 20.8. The van der Waals surface area contributed by atoms with E-state index in [1.165, 1.54) is 6.07 Å². The maximum absolute atomic E-state index is 13.1. The highest BCUT2D eigenvalue weighted by Gasteiger charge is 2.38. The Morgan fingerprint density at radius 1 is 1.18 bits per heavy atom. The second-order valence-electron chi connectivity index (χ2n) is 7.47. The number of nitrogens with one attached hydrogen (secondary N) is 1. The van der Waals surface area contributed by atoms with E-state index in [0.29, 0.717) is 24.1 Å². The van der Waals surface area contributed by atoms with Gasteiger partial charge in [-0.1, -0.05) is 37.3 Å². The Morgan fingerprint density at radius 2 is 1.89 bits per heavy atom. The molecule has 3 nitrogen and oxygen atoms in total. The van der Waals surface area contributed by atoms with Crippen molar-refractivity contribution >= 4 is 5.91 Å².